The second-order valence-electron chi connectivity index (χ2n) is 2.62. The number of hydrogen-bond donors (Lipinski definition) is 0. The minimum Gasteiger partial charge on any atom is -0.261 e. The van der Waals surface area contributed by atoms with Crippen molar-refractivity contribution in [3.63, 3.8) is 0 Å². The highest BCUT2D eigenvalue weighted by molar-refractivity contribution is 5.31. The van der Waals surface area contributed by atoms with Gasteiger partial charge in [-0.25, -0.2) is 0 Å². The van der Waals surface area contributed by atoms with Gasteiger partial charge in [-0.3, -0.25) is 4.98 Å². The monoisotopic (exact) mass is 119 g/mol. The van der Waals surface area contributed by atoms with Gasteiger partial charge in [0.15, 0.2) is 0 Å². The molecule has 0 atom stereocenters. The Kier molecular flexibility index (Phi) is 0.865. The van der Waals surface area contributed by atoms with Crippen LogP contribution in [0.3, 0.4) is 0 Å². The fraction of sp³-hybridized carbons (Fsp3) is 0.375. The zero-order valence-electron chi connectivity index (χ0n) is 5.52. The third kappa shape index (κ3) is 0.645. The minimum absolute atomic E-state index is 1.19. The molecule has 1 heteroatoms. The number of nitrogens with zero attached hydrogens (tertiary/aromatic N) is 1. The molecule has 0 amide bonds. The maximum absolute atomic E-state index is 4.27. The quantitative estimate of drug-likeness (QED) is 0.504. The number of aryl methyl sites for hydroxylation is 3. The highest BCUT2D eigenvalue weighted by atomic mass is 14.7. The molecule has 0 aromatic carbocycles. The molecule has 0 bridgehead atoms. The third-order valence-electron chi connectivity index (χ3n) is 1.83. The highest BCUT2D eigenvalue weighted by Gasteiger charge is 2.12. The van der Waals surface area contributed by atoms with Crippen molar-refractivity contribution in [2.45, 2.75) is 19.8 Å². The molecule has 1 aromatic heterocycles. The number of fused-ring (bicyclic) bond motifs is 1. The van der Waals surface area contributed by atoms with Gasteiger partial charge in [0.1, 0.15) is 0 Å². The summed E-state index contributed by atoms with van der Waals surface area (Å²) in [6.07, 6.45) is 4.37. The Morgan fingerprint density at radius 1 is 1.44 bits per heavy atom. The first kappa shape index (κ1) is 4.98. The van der Waals surface area contributed by atoms with Gasteiger partial charge in [0.2, 0.25) is 0 Å². The standard InChI is InChI=1S/C8H9N/c1-6-4-7-2-3-8(7)9-5-6/h4-5H,2-3H2,1H3. The van der Waals surface area contributed by atoms with Crippen LogP contribution in [0.25, 0.3) is 0 Å². The van der Waals surface area contributed by atoms with E-state index < -0.39 is 0 Å². The maximum Gasteiger partial charge on any atom is 0.0439 e. The molecule has 1 nitrogen and oxygen atoms in total. The molecule has 0 radical (unpaired) electrons. The second-order valence-corrected chi connectivity index (χ2v) is 2.62. The lowest BCUT2D eigenvalue weighted by atomic mass is 9.93. The number of rotatable bonds is 0. The van der Waals surface area contributed by atoms with Gasteiger partial charge in [0.25, 0.3) is 0 Å². The van der Waals surface area contributed by atoms with E-state index in [-0.39, 0.29) is 0 Å². The molecule has 0 fully saturated rings. The molecular weight excluding hydrogens is 110 g/mol. The lowest BCUT2D eigenvalue weighted by Gasteiger charge is -2.16. The van der Waals surface area contributed by atoms with Crippen LogP contribution in [0, 0.1) is 6.92 Å². The van der Waals surface area contributed by atoms with Crippen LogP contribution in [0.1, 0.15) is 16.8 Å². The van der Waals surface area contributed by atoms with Gasteiger partial charge in [-0.1, -0.05) is 6.07 Å². The Bertz CT molecular complexity index is 240. The average Bonchev–Trinajstić information content (AvgIpc) is 1.78. The van der Waals surface area contributed by atoms with Crippen LogP contribution in [0.15, 0.2) is 12.3 Å². The number of hydrogen-bond acceptors (Lipinski definition) is 1. The molecule has 1 aromatic rings. The van der Waals surface area contributed by atoms with Crippen molar-refractivity contribution in [2.24, 2.45) is 0 Å². The van der Waals surface area contributed by atoms with Gasteiger partial charge in [0, 0.05) is 11.9 Å². The Balaban J connectivity index is 2.57. The van der Waals surface area contributed by atoms with Crippen molar-refractivity contribution in [1.29, 1.82) is 0 Å². The van der Waals surface area contributed by atoms with Crippen molar-refractivity contribution in [3.8, 4) is 0 Å². The molecule has 1 aliphatic carbocycles. The van der Waals surface area contributed by atoms with Crippen LogP contribution in [0.2, 0.25) is 0 Å². The van der Waals surface area contributed by atoms with Crippen LogP contribution in [-0.4, -0.2) is 4.98 Å². The fourth-order valence-electron chi connectivity index (χ4n) is 1.18. The van der Waals surface area contributed by atoms with Crippen LogP contribution in [-0.2, 0) is 12.8 Å². The minimum atomic E-state index is 1.19. The summed E-state index contributed by atoms with van der Waals surface area (Å²) in [6, 6.07) is 2.23. The van der Waals surface area contributed by atoms with Gasteiger partial charge in [-0.05, 0) is 30.9 Å². The van der Waals surface area contributed by atoms with E-state index in [1.54, 1.807) is 0 Å². The van der Waals surface area contributed by atoms with Crippen molar-refractivity contribution in [3.05, 3.63) is 29.1 Å². The second kappa shape index (κ2) is 1.56. The van der Waals surface area contributed by atoms with Crippen LogP contribution >= 0.6 is 0 Å². The van der Waals surface area contributed by atoms with E-state index in [0.29, 0.717) is 0 Å². The average molecular weight is 119 g/mol. The lowest BCUT2D eigenvalue weighted by molar-refractivity contribution is 0.785. The Morgan fingerprint density at radius 2 is 2.33 bits per heavy atom. The van der Waals surface area contributed by atoms with Gasteiger partial charge >= 0.3 is 0 Å². The van der Waals surface area contributed by atoms with Gasteiger partial charge in [-0.15, -0.1) is 0 Å². The summed E-state index contributed by atoms with van der Waals surface area (Å²) in [5, 5.41) is 0. The van der Waals surface area contributed by atoms with Crippen LogP contribution in [0.5, 0.6) is 0 Å². The molecule has 46 valence electrons. The number of aromatic nitrogens is 1. The Hall–Kier alpha value is -0.850. The summed E-state index contributed by atoms with van der Waals surface area (Å²) in [7, 11) is 0. The summed E-state index contributed by atoms with van der Waals surface area (Å²) >= 11 is 0. The molecule has 2 rings (SSSR count). The molecular formula is C8H9N. The van der Waals surface area contributed by atoms with Crippen molar-refractivity contribution < 1.29 is 0 Å². The first-order valence-corrected chi connectivity index (χ1v) is 3.30. The zero-order chi connectivity index (χ0) is 6.27. The summed E-state index contributed by atoms with van der Waals surface area (Å²) < 4.78 is 0. The largest absolute Gasteiger partial charge is 0.261 e. The zero-order valence-corrected chi connectivity index (χ0v) is 5.52. The maximum atomic E-state index is 4.27. The molecule has 1 heterocycles. The first-order chi connectivity index (χ1) is 4.36. The summed E-state index contributed by atoms with van der Waals surface area (Å²) in [6.45, 7) is 2.09. The third-order valence-corrected chi connectivity index (χ3v) is 1.83. The van der Waals surface area contributed by atoms with Crippen molar-refractivity contribution >= 4 is 0 Å². The summed E-state index contributed by atoms with van der Waals surface area (Å²) in [5.41, 5.74) is 4.05. The van der Waals surface area contributed by atoms with Gasteiger partial charge < -0.3 is 0 Å². The van der Waals surface area contributed by atoms with E-state index in [9.17, 15) is 0 Å². The normalized spacial score (nSPS) is 14.3. The topological polar surface area (TPSA) is 12.9 Å². The molecule has 9 heavy (non-hydrogen) atoms. The van der Waals surface area contributed by atoms with E-state index >= 15 is 0 Å². The first-order valence-electron chi connectivity index (χ1n) is 3.30. The Morgan fingerprint density at radius 3 is 2.78 bits per heavy atom. The molecule has 0 aliphatic heterocycles. The fourth-order valence-corrected chi connectivity index (χ4v) is 1.18. The molecule has 0 saturated heterocycles. The SMILES string of the molecule is Cc1cnc2c(c1)CC2. The van der Waals surface area contributed by atoms with Crippen LogP contribution in [0.4, 0.5) is 0 Å². The van der Waals surface area contributed by atoms with Gasteiger partial charge in [-0.2, -0.15) is 0 Å². The van der Waals surface area contributed by atoms with E-state index in [2.05, 4.69) is 18.0 Å². The van der Waals surface area contributed by atoms with Crippen molar-refractivity contribution in [2.75, 3.05) is 0 Å². The smallest absolute Gasteiger partial charge is 0.0439 e. The predicted octanol–water partition coefficient (Wildman–Crippen LogP) is 1.49. The molecule has 0 unspecified atom stereocenters. The van der Waals surface area contributed by atoms with E-state index in [1.807, 2.05) is 6.20 Å². The summed E-state index contributed by atoms with van der Waals surface area (Å²) in [4.78, 5) is 4.27. The van der Waals surface area contributed by atoms with Crippen molar-refractivity contribution in [1.82, 2.24) is 4.98 Å². The highest BCUT2D eigenvalue weighted by Crippen LogP contribution is 2.20. The number of pyridine rings is 1. The molecule has 0 spiro atoms. The summed E-state index contributed by atoms with van der Waals surface area (Å²) in [5.74, 6) is 0. The Labute approximate surface area is 54.7 Å². The predicted molar refractivity (Wildman–Crippen MR) is 36.4 cm³/mol. The van der Waals surface area contributed by atoms with Gasteiger partial charge in [0.05, 0.1) is 0 Å². The molecule has 1 aliphatic rings. The van der Waals surface area contributed by atoms with E-state index in [4.69, 9.17) is 0 Å². The lowest BCUT2D eigenvalue weighted by Crippen LogP contribution is -2.10. The molecule has 0 saturated carbocycles. The van der Waals surface area contributed by atoms with E-state index in [1.165, 1.54) is 29.7 Å². The van der Waals surface area contributed by atoms with Crippen LogP contribution < -0.4 is 0 Å². The molecule has 0 N–H and O–H groups in total. The van der Waals surface area contributed by atoms with E-state index in [0.717, 1.165) is 0 Å².